The van der Waals surface area contributed by atoms with Gasteiger partial charge >= 0.3 is 0 Å². The van der Waals surface area contributed by atoms with Gasteiger partial charge in [0.25, 0.3) is 0 Å². The van der Waals surface area contributed by atoms with E-state index in [0.29, 0.717) is 0 Å². The molecule has 0 atom stereocenters. The molecule has 20 heavy (non-hydrogen) atoms. The molecule has 0 aliphatic carbocycles. The molecule has 0 aliphatic rings. The van der Waals surface area contributed by atoms with Crippen molar-refractivity contribution in [1.82, 2.24) is 9.78 Å². The summed E-state index contributed by atoms with van der Waals surface area (Å²) in [6.45, 7) is 0. The van der Waals surface area contributed by atoms with E-state index in [1.165, 1.54) is 0 Å². The maximum atomic E-state index is 5.80. The predicted octanol–water partition coefficient (Wildman–Crippen LogP) is 3.13. The number of nitrogens with two attached hydrogens (primary N) is 1. The van der Waals surface area contributed by atoms with E-state index >= 15 is 0 Å². The Balaban J connectivity index is 1.93. The largest absolute Gasteiger partial charge is 0.497 e. The molecule has 3 aromatic rings. The molecule has 2 N–H and O–H groups in total. The van der Waals surface area contributed by atoms with Crippen LogP contribution < -0.4 is 10.5 Å². The first kappa shape index (κ1) is 12.3. The van der Waals surface area contributed by atoms with Crippen molar-refractivity contribution in [2.24, 2.45) is 0 Å². The fourth-order valence-electron chi connectivity index (χ4n) is 2.07. The minimum atomic E-state index is 0.750. The van der Waals surface area contributed by atoms with E-state index in [1.807, 2.05) is 65.6 Å². The molecule has 0 saturated carbocycles. The van der Waals surface area contributed by atoms with Crippen LogP contribution in [0, 0.1) is 0 Å². The van der Waals surface area contributed by atoms with Gasteiger partial charge in [-0.1, -0.05) is 12.1 Å². The first-order valence-electron chi connectivity index (χ1n) is 6.31. The minimum absolute atomic E-state index is 0.750. The third kappa shape index (κ3) is 2.36. The van der Waals surface area contributed by atoms with Gasteiger partial charge in [0, 0.05) is 17.4 Å². The second-order valence-electron chi connectivity index (χ2n) is 4.50. The average molecular weight is 265 g/mol. The molecule has 0 spiro atoms. The highest BCUT2D eigenvalue weighted by molar-refractivity contribution is 5.66. The summed E-state index contributed by atoms with van der Waals surface area (Å²) in [5, 5.41) is 4.38. The lowest BCUT2D eigenvalue weighted by molar-refractivity contribution is 0.414. The quantitative estimate of drug-likeness (QED) is 0.740. The van der Waals surface area contributed by atoms with Crippen molar-refractivity contribution in [1.29, 1.82) is 0 Å². The molecular weight excluding hydrogens is 250 g/mol. The highest BCUT2D eigenvalue weighted by atomic mass is 16.5. The minimum Gasteiger partial charge on any atom is -0.497 e. The highest BCUT2D eigenvalue weighted by Gasteiger charge is 2.04. The molecule has 0 fully saturated rings. The Hall–Kier alpha value is -2.75. The van der Waals surface area contributed by atoms with Crippen LogP contribution in [0.1, 0.15) is 0 Å². The number of aromatic nitrogens is 2. The van der Waals surface area contributed by atoms with Crippen LogP contribution in [0.2, 0.25) is 0 Å². The number of rotatable bonds is 3. The van der Waals surface area contributed by atoms with Gasteiger partial charge < -0.3 is 10.5 Å². The number of nitrogens with zero attached hydrogens (tertiary/aromatic N) is 2. The van der Waals surface area contributed by atoms with Gasteiger partial charge in [-0.25, -0.2) is 4.68 Å². The third-order valence-corrected chi connectivity index (χ3v) is 3.14. The van der Waals surface area contributed by atoms with E-state index in [0.717, 1.165) is 28.3 Å². The van der Waals surface area contributed by atoms with Crippen molar-refractivity contribution < 1.29 is 4.74 Å². The predicted molar refractivity (Wildman–Crippen MR) is 80.0 cm³/mol. The fraction of sp³-hybridized carbons (Fsp3) is 0.0625. The van der Waals surface area contributed by atoms with E-state index in [2.05, 4.69) is 5.10 Å². The summed E-state index contributed by atoms with van der Waals surface area (Å²) in [5.41, 5.74) is 9.64. The van der Waals surface area contributed by atoms with Gasteiger partial charge in [-0.15, -0.1) is 0 Å². The summed E-state index contributed by atoms with van der Waals surface area (Å²) >= 11 is 0. The van der Waals surface area contributed by atoms with Gasteiger partial charge in [0.2, 0.25) is 0 Å². The molecule has 0 aliphatic heterocycles. The molecule has 0 bridgehead atoms. The molecule has 4 heteroatoms. The summed E-state index contributed by atoms with van der Waals surface area (Å²) < 4.78 is 6.98. The number of benzene rings is 2. The first-order valence-corrected chi connectivity index (χ1v) is 6.31. The molecule has 1 aromatic heterocycles. The molecule has 0 amide bonds. The molecule has 3 rings (SSSR count). The average Bonchev–Trinajstić information content (AvgIpc) is 2.97. The van der Waals surface area contributed by atoms with Crippen LogP contribution in [0.25, 0.3) is 16.8 Å². The van der Waals surface area contributed by atoms with Gasteiger partial charge in [-0.2, -0.15) is 5.10 Å². The number of ether oxygens (including phenoxy) is 1. The van der Waals surface area contributed by atoms with Gasteiger partial charge in [-0.05, 0) is 42.0 Å². The number of anilines is 1. The molecule has 0 unspecified atom stereocenters. The molecule has 0 saturated heterocycles. The summed E-state index contributed by atoms with van der Waals surface area (Å²) in [4.78, 5) is 0. The lowest BCUT2D eigenvalue weighted by Crippen LogP contribution is -1.93. The maximum absolute atomic E-state index is 5.80. The van der Waals surface area contributed by atoms with E-state index < -0.39 is 0 Å². The lowest BCUT2D eigenvalue weighted by atomic mass is 10.1. The summed E-state index contributed by atoms with van der Waals surface area (Å²) in [6, 6.07) is 15.5. The van der Waals surface area contributed by atoms with E-state index in [9.17, 15) is 0 Å². The Morgan fingerprint density at radius 3 is 2.55 bits per heavy atom. The van der Waals surface area contributed by atoms with Gasteiger partial charge in [0.05, 0.1) is 19.0 Å². The molecule has 0 radical (unpaired) electrons. The first-order chi connectivity index (χ1) is 9.76. The third-order valence-electron chi connectivity index (χ3n) is 3.14. The van der Waals surface area contributed by atoms with Crippen molar-refractivity contribution in [3.63, 3.8) is 0 Å². The van der Waals surface area contributed by atoms with Crippen LogP contribution in [0.4, 0.5) is 5.69 Å². The van der Waals surface area contributed by atoms with Crippen molar-refractivity contribution in [2.45, 2.75) is 0 Å². The van der Waals surface area contributed by atoms with Crippen LogP contribution in [0.15, 0.2) is 60.9 Å². The van der Waals surface area contributed by atoms with E-state index in [4.69, 9.17) is 10.5 Å². The smallest absolute Gasteiger partial charge is 0.119 e. The number of hydrogen-bond acceptors (Lipinski definition) is 3. The van der Waals surface area contributed by atoms with Crippen LogP contribution in [-0.2, 0) is 0 Å². The second-order valence-corrected chi connectivity index (χ2v) is 4.50. The van der Waals surface area contributed by atoms with Gasteiger partial charge in [0.15, 0.2) is 0 Å². The second kappa shape index (κ2) is 5.09. The normalized spacial score (nSPS) is 10.4. The zero-order valence-corrected chi connectivity index (χ0v) is 11.2. The summed E-state index contributed by atoms with van der Waals surface area (Å²) in [6.07, 6.45) is 3.82. The van der Waals surface area contributed by atoms with E-state index in [-0.39, 0.29) is 0 Å². The fourth-order valence-corrected chi connectivity index (χ4v) is 2.07. The van der Waals surface area contributed by atoms with Gasteiger partial charge in [0.1, 0.15) is 5.75 Å². The Labute approximate surface area is 117 Å². The summed E-state index contributed by atoms with van der Waals surface area (Å²) in [7, 11) is 1.65. The molecule has 2 aromatic carbocycles. The van der Waals surface area contributed by atoms with E-state index in [1.54, 1.807) is 7.11 Å². The van der Waals surface area contributed by atoms with Crippen molar-refractivity contribution in [2.75, 3.05) is 12.8 Å². The standard InChI is InChI=1S/C16H15N3O/c1-20-16-7-5-15(6-8-16)19-11-13(10-18-19)12-3-2-4-14(17)9-12/h2-11H,17H2,1H3. The number of methoxy groups -OCH3 is 1. The monoisotopic (exact) mass is 265 g/mol. The van der Waals surface area contributed by atoms with Gasteiger partial charge in [-0.3, -0.25) is 0 Å². The van der Waals surface area contributed by atoms with Crippen molar-refractivity contribution >= 4 is 5.69 Å². The number of nitrogen functional groups attached to an aromatic ring is 1. The highest BCUT2D eigenvalue weighted by Crippen LogP contribution is 2.22. The number of hydrogen-bond donors (Lipinski definition) is 1. The Bertz CT molecular complexity index is 717. The van der Waals surface area contributed by atoms with Crippen molar-refractivity contribution in [3.05, 3.63) is 60.9 Å². The molecule has 100 valence electrons. The van der Waals surface area contributed by atoms with Crippen LogP contribution in [-0.4, -0.2) is 16.9 Å². The Kier molecular flexibility index (Phi) is 3.13. The lowest BCUT2D eigenvalue weighted by Gasteiger charge is -2.03. The zero-order valence-electron chi connectivity index (χ0n) is 11.2. The Morgan fingerprint density at radius 2 is 1.85 bits per heavy atom. The van der Waals surface area contributed by atoms with Crippen LogP contribution in [0.3, 0.4) is 0 Å². The molecule has 4 nitrogen and oxygen atoms in total. The zero-order chi connectivity index (χ0) is 13.9. The summed E-state index contributed by atoms with van der Waals surface area (Å²) in [5.74, 6) is 0.831. The SMILES string of the molecule is COc1ccc(-n2cc(-c3cccc(N)c3)cn2)cc1. The molecule has 1 heterocycles. The van der Waals surface area contributed by atoms with Crippen molar-refractivity contribution in [3.8, 4) is 22.6 Å². The Morgan fingerprint density at radius 1 is 1.05 bits per heavy atom. The topological polar surface area (TPSA) is 53.1 Å². The maximum Gasteiger partial charge on any atom is 0.119 e. The van der Waals surface area contributed by atoms with Crippen LogP contribution >= 0.6 is 0 Å². The van der Waals surface area contributed by atoms with Crippen LogP contribution in [0.5, 0.6) is 5.75 Å². The molecular formula is C16H15N3O.